The number of hydrogen-bond acceptors (Lipinski definition) is 1. The van der Waals surface area contributed by atoms with Gasteiger partial charge in [0.1, 0.15) is 0 Å². The molecule has 3 atom stereocenters. The zero-order valence-electron chi connectivity index (χ0n) is 13.4. The van der Waals surface area contributed by atoms with Crippen molar-refractivity contribution in [3.63, 3.8) is 0 Å². The summed E-state index contributed by atoms with van der Waals surface area (Å²) in [6, 6.07) is 9.32. The molecule has 1 heterocycles. The highest BCUT2D eigenvalue weighted by Gasteiger charge is 2.47. The standard InChI is InChI=1S/C20H29N/c1-15-4-2-5-17(12-15)19-14-21-11-10-20(19)9-3-6-18(13-20)16-7-8-16/h2,4-5,12,16,18-19,21H,3,6-11,13-14H2,1H3. The molecule has 3 unspecified atom stereocenters. The Kier molecular flexibility index (Phi) is 3.57. The van der Waals surface area contributed by atoms with Gasteiger partial charge in [0.2, 0.25) is 0 Å². The van der Waals surface area contributed by atoms with Crippen molar-refractivity contribution >= 4 is 0 Å². The molecule has 1 N–H and O–H groups in total. The van der Waals surface area contributed by atoms with E-state index in [1.165, 1.54) is 63.6 Å². The second-order valence-corrected chi connectivity index (χ2v) is 7.98. The molecule has 0 aromatic heterocycles. The van der Waals surface area contributed by atoms with Gasteiger partial charge in [-0.2, -0.15) is 0 Å². The summed E-state index contributed by atoms with van der Waals surface area (Å²) >= 11 is 0. The van der Waals surface area contributed by atoms with E-state index in [9.17, 15) is 0 Å². The maximum absolute atomic E-state index is 3.68. The average molecular weight is 283 g/mol. The third kappa shape index (κ3) is 2.65. The molecule has 4 rings (SSSR count). The van der Waals surface area contributed by atoms with Crippen LogP contribution in [0.15, 0.2) is 24.3 Å². The minimum Gasteiger partial charge on any atom is -0.316 e. The first-order valence-electron chi connectivity index (χ1n) is 9.04. The van der Waals surface area contributed by atoms with Crippen LogP contribution in [0.4, 0.5) is 0 Å². The van der Waals surface area contributed by atoms with E-state index in [0.717, 1.165) is 17.8 Å². The van der Waals surface area contributed by atoms with Crippen molar-refractivity contribution in [3.05, 3.63) is 35.4 Å². The quantitative estimate of drug-likeness (QED) is 0.832. The molecule has 0 bridgehead atoms. The first kappa shape index (κ1) is 13.8. The number of benzene rings is 1. The lowest BCUT2D eigenvalue weighted by Gasteiger charge is -2.50. The minimum absolute atomic E-state index is 0.602. The fraction of sp³-hybridized carbons (Fsp3) is 0.700. The largest absolute Gasteiger partial charge is 0.316 e. The summed E-state index contributed by atoms with van der Waals surface area (Å²) in [5, 5.41) is 3.68. The average Bonchev–Trinajstić information content (AvgIpc) is 3.32. The van der Waals surface area contributed by atoms with Crippen LogP contribution in [0, 0.1) is 24.2 Å². The number of nitrogens with one attached hydrogen (secondary N) is 1. The number of aryl methyl sites for hydroxylation is 1. The molecule has 21 heavy (non-hydrogen) atoms. The molecule has 1 aromatic rings. The summed E-state index contributed by atoms with van der Waals surface area (Å²) < 4.78 is 0. The van der Waals surface area contributed by atoms with Gasteiger partial charge in [-0.1, -0.05) is 42.7 Å². The molecule has 1 heteroatoms. The number of rotatable bonds is 2. The van der Waals surface area contributed by atoms with Crippen LogP contribution >= 0.6 is 0 Å². The molecular formula is C20H29N. The number of piperidine rings is 1. The van der Waals surface area contributed by atoms with E-state index in [4.69, 9.17) is 0 Å². The molecule has 0 radical (unpaired) electrons. The lowest BCUT2D eigenvalue weighted by molar-refractivity contribution is 0.0629. The van der Waals surface area contributed by atoms with Gasteiger partial charge in [-0.25, -0.2) is 0 Å². The third-order valence-electron chi connectivity index (χ3n) is 6.54. The van der Waals surface area contributed by atoms with Crippen molar-refractivity contribution < 1.29 is 0 Å². The van der Waals surface area contributed by atoms with Crippen LogP contribution in [-0.4, -0.2) is 13.1 Å². The molecule has 1 nitrogen and oxygen atoms in total. The lowest BCUT2D eigenvalue weighted by Crippen LogP contribution is -2.46. The van der Waals surface area contributed by atoms with E-state index in [1.807, 2.05) is 0 Å². The fourth-order valence-corrected chi connectivity index (χ4v) is 5.29. The van der Waals surface area contributed by atoms with Crippen LogP contribution in [-0.2, 0) is 0 Å². The Morgan fingerprint density at radius 1 is 1.10 bits per heavy atom. The molecule has 1 aliphatic heterocycles. The highest BCUT2D eigenvalue weighted by atomic mass is 14.9. The van der Waals surface area contributed by atoms with Crippen molar-refractivity contribution in [3.8, 4) is 0 Å². The molecule has 0 amide bonds. The Hall–Kier alpha value is -0.820. The zero-order valence-corrected chi connectivity index (χ0v) is 13.4. The predicted molar refractivity (Wildman–Crippen MR) is 88.5 cm³/mol. The van der Waals surface area contributed by atoms with Crippen molar-refractivity contribution in [2.45, 2.75) is 57.8 Å². The second-order valence-electron chi connectivity index (χ2n) is 7.98. The van der Waals surface area contributed by atoms with Gasteiger partial charge >= 0.3 is 0 Å². The Balaban J connectivity index is 1.63. The van der Waals surface area contributed by atoms with Crippen LogP contribution in [0.1, 0.15) is 62.0 Å². The lowest BCUT2D eigenvalue weighted by atomic mass is 9.57. The van der Waals surface area contributed by atoms with E-state index in [2.05, 4.69) is 36.5 Å². The molecule has 2 saturated carbocycles. The van der Waals surface area contributed by atoms with E-state index in [1.54, 1.807) is 5.56 Å². The van der Waals surface area contributed by atoms with Crippen LogP contribution in [0.3, 0.4) is 0 Å². The van der Waals surface area contributed by atoms with Gasteiger partial charge in [0.05, 0.1) is 0 Å². The summed E-state index contributed by atoms with van der Waals surface area (Å²) in [4.78, 5) is 0. The Morgan fingerprint density at radius 2 is 2.00 bits per heavy atom. The summed E-state index contributed by atoms with van der Waals surface area (Å²) in [6.45, 7) is 4.67. The molecule has 114 valence electrons. The smallest absolute Gasteiger partial charge is 0.00255 e. The van der Waals surface area contributed by atoms with Crippen LogP contribution in [0.25, 0.3) is 0 Å². The third-order valence-corrected chi connectivity index (χ3v) is 6.54. The van der Waals surface area contributed by atoms with Crippen molar-refractivity contribution in [2.24, 2.45) is 17.3 Å². The Bertz CT molecular complexity index is 500. The second kappa shape index (κ2) is 5.43. The maximum atomic E-state index is 3.68. The van der Waals surface area contributed by atoms with Gasteiger partial charge in [-0.15, -0.1) is 0 Å². The highest BCUT2D eigenvalue weighted by molar-refractivity contribution is 5.28. The van der Waals surface area contributed by atoms with Crippen molar-refractivity contribution in [1.29, 1.82) is 0 Å². The van der Waals surface area contributed by atoms with Gasteiger partial charge in [-0.3, -0.25) is 0 Å². The highest BCUT2D eigenvalue weighted by Crippen LogP contribution is 2.56. The molecule has 1 aromatic carbocycles. The molecular weight excluding hydrogens is 254 g/mol. The Morgan fingerprint density at radius 3 is 2.81 bits per heavy atom. The van der Waals surface area contributed by atoms with Gasteiger partial charge < -0.3 is 5.32 Å². The molecule has 1 saturated heterocycles. The van der Waals surface area contributed by atoms with Crippen molar-refractivity contribution in [2.75, 3.05) is 13.1 Å². The normalized spacial score (nSPS) is 36.8. The monoisotopic (exact) mass is 283 g/mol. The first-order chi connectivity index (χ1) is 10.3. The van der Waals surface area contributed by atoms with Gasteiger partial charge in [0.15, 0.2) is 0 Å². The molecule has 3 fully saturated rings. The van der Waals surface area contributed by atoms with Crippen LogP contribution < -0.4 is 5.32 Å². The summed E-state index contributed by atoms with van der Waals surface area (Å²) in [6.07, 6.45) is 10.4. The van der Waals surface area contributed by atoms with Gasteiger partial charge in [0.25, 0.3) is 0 Å². The first-order valence-corrected chi connectivity index (χ1v) is 9.04. The predicted octanol–water partition coefficient (Wildman–Crippen LogP) is 4.66. The topological polar surface area (TPSA) is 12.0 Å². The van der Waals surface area contributed by atoms with E-state index >= 15 is 0 Å². The summed E-state index contributed by atoms with van der Waals surface area (Å²) in [7, 11) is 0. The van der Waals surface area contributed by atoms with E-state index < -0.39 is 0 Å². The van der Waals surface area contributed by atoms with Crippen LogP contribution in [0.5, 0.6) is 0 Å². The molecule has 2 aliphatic carbocycles. The SMILES string of the molecule is Cc1cccc(C2CNCCC23CCCC(C2CC2)C3)c1. The summed E-state index contributed by atoms with van der Waals surface area (Å²) in [5.74, 6) is 2.88. The minimum atomic E-state index is 0.602. The van der Waals surface area contributed by atoms with Crippen LogP contribution in [0.2, 0.25) is 0 Å². The van der Waals surface area contributed by atoms with E-state index in [0.29, 0.717) is 5.41 Å². The molecule has 3 aliphatic rings. The van der Waals surface area contributed by atoms with E-state index in [-0.39, 0.29) is 0 Å². The molecule has 1 spiro atoms. The fourth-order valence-electron chi connectivity index (χ4n) is 5.29. The van der Waals surface area contributed by atoms with Gasteiger partial charge in [0, 0.05) is 12.5 Å². The zero-order chi connectivity index (χ0) is 14.3. The maximum Gasteiger partial charge on any atom is 0.00255 e. The Labute approximate surface area is 129 Å². The number of hydrogen-bond donors (Lipinski definition) is 1. The van der Waals surface area contributed by atoms with Crippen molar-refractivity contribution in [1.82, 2.24) is 5.32 Å². The summed E-state index contributed by atoms with van der Waals surface area (Å²) in [5.41, 5.74) is 3.62. The van der Waals surface area contributed by atoms with Gasteiger partial charge in [-0.05, 0) is 68.4 Å².